The van der Waals surface area contributed by atoms with Gasteiger partial charge in [-0.1, -0.05) is 0 Å². The van der Waals surface area contributed by atoms with E-state index in [0.29, 0.717) is 11.2 Å². The number of rotatable bonds is 2. The maximum absolute atomic E-state index is 12.5. The Balaban J connectivity index is 2.23. The number of alkyl halides is 1. The van der Waals surface area contributed by atoms with Crippen molar-refractivity contribution >= 4 is 39.1 Å². The van der Waals surface area contributed by atoms with Crippen molar-refractivity contribution in [1.29, 1.82) is 0 Å². The van der Waals surface area contributed by atoms with Gasteiger partial charge >= 0.3 is 0 Å². The minimum atomic E-state index is -0.417. The molecule has 2 aromatic heterocycles. The Kier molecular flexibility index (Phi) is 3.06. The number of fused-ring (bicyclic) bond motifs is 3. The molecule has 0 bridgehead atoms. The van der Waals surface area contributed by atoms with Gasteiger partial charge < -0.3 is 0 Å². The van der Waals surface area contributed by atoms with Crippen LogP contribution in [-0.2, 0) is 17.6 Å². The lowest BCUT2D eigenvalue weighted by Gasteiger charge is -2.09. The van der Waals surface area contributed by atoms with Gasteiger partial charge in [-0.05, 0) is 31.7 Å². The number of nitrogens with one attached hydrogen (secondary N) is 1. The minimum Gasteiger partial charge on any atom is -0.272 e. The molecule has 0 unspecified atom stereocenters. The monoisotopic (exact) mass is 297 g/mol. The number of aromatic nitrogens is 2. The molecular weight excluding hydrogens is 286 g/mol. The first-order valence-electron chi connectivity index (χ1n) is 6.01. The molecule has 1 aliphatic rings. The Bertz CT molecular complexity index is 735. The van der Waals surface area contributed by atoms with Crippen molar-refractivity contribution in [3.8, 4) is 0 Å². The zero-order valence-electron chi connectivity index (χ0n) is 10.3. The number of aryl methyl sites for hydroxylation is 3. The maximum atomic E-state index is 12.5. The zero-order valence-corrected chi connectivity index (χ0v) is 11.9. The molecule has 2 aromatic rings. The number of hydrogen-bond donors (Lipinski definition) is 1. The molecule has 0 spiro atoms. The van der Waals surface area contributed by atoms with Crippen molar-refractivity contribution in [1.82, 2.24) is 9.66 Å². The van der Waals surface area contributed by atoms with Crippen molar-refractivity contribution in [3.63, 3.8) is 0 Å². The van der Waals surface area contributed by atoms with Gasteiger partial charge in [0.2, 0.25) is 0 Å². The molecule has 2 heterocycles. The summed E-state index contributed by atoms with van der Waals surface area (Å²) in [6.45, 7) is 1.69. The van der Waals surface area contributed by atoms with Gasteiger partial charge in [0.15, 0.2) is 0 Å². The number of carbonyl (C=O) groups is 1. The van der Waals surface area contributed by atoms with Gasteiger partial charge in [0, 0.05) is 4.88 Å². The number of halogens is 1. The molecule has 5 nitrogen and oxygen atoms in total. The van der Waals surface area contributed by atoms with Gasteiger partial charge in [-0.2, -0.15) is 0 Å². The Labute approximate surface area is 118 Å². The van der Waals surface area contributed by atoms with E-state index in [1.165, 1.54) is 9.55 Å². The van der Waals surface area contributed by atoms with E-state index in [4.69, 9.17) is 11.6 Å². The second-order valence-corrected chi connectivity index (χ2v) is 5.86. The number of amides is 1. The number of nitrogens with zero attached hydrogens (tertiary/aromatic N) is 2. The average Bonchev–Trinajstić information content (AvgIpc) is 2.93. The lowest BCUT2D eigenvalue weighted by atomic mass is 10.2. The summed E-state index contributed by atoms with van der Waals surface area (Å²) in [6, 6.07) is 0. The van der Waals surface area contributed by atoms with Crippen LogP contribution in [-0.4, -0.2) is 21.4 Å². The van der Waals surface area contributed by atoms with E-state index in [1.54, 1.807) is 18.3 Å². The van der Waals surface area contributed by atoms with Crippen LogP contribution in [0, 0.1) is 6.92 Å². The average molecular weight is 298 g/mol. The smallest absolute Gasteiger partial charge is 0.272 e. The number of hydrogen-bond acceptors (Lipinski definition) is 4. The molecule has 7 heteroatoms. The Morgan fingerprint density at radius 1 is 1.53 bits per heavy atom. The van der Waals surface area contributed by atoms with Crippen molar-refractivity contribution in [2.75, 3.05) is 11.3 Å². The predicted molar refractivity (Wildman–Crippen MR) is 75.7 cm³/mol. The van der Waals surface area contributed by atoms with Crippen LogP contribution < -0.4 is 11.0 Å². The fourth-order valence-corrected chi connectivity index (χ4v) is 3.79. The molecule has 1 amide bonds. The van der Waals surface area contributed by atoms with Gasteiger partial charge in [-0.15, -0.1) is 22.9 Å². The van der Waals surface area contributed by atoms with E-state index in [-0.39, 0.29) is 11.4 Å². The predicted octanol–water partition coefficient (Wildman–Crippen LogP) is 1.56. The minimum absolute atomic E-state index is 0.189. The lowest BCUT2D eigenvalue weighted by molar-refractivity contribution is -0.114. The van der Waals surface area contributed by atoms with Crippen LogP contribution in [0.25, 0.3) is 10.2 Å². The van der Waals surface area contributed by atoms with Crippen molar-refractivity contribution in [2.24, 2.45) is 0 Å². The summed E-state index contributed by atoms with van der Waals surface area (Å²) in [5.74, 6) is -0.137. The maximum Gasteiger partial charge on any atom is 0.281 e. The quantitative estimate of drug-likeness (QED) is 0.856. The largest absolute Gasteiger partial charge is 0.281 e. The molecule has 3 rings (SSSR count). The molecule has 1 N–H and O–H groups in total. The summed E-state index contributed by atoms with van der Waals surface area (Å²) in [6.07, 6.45) is 3.01. The van der Waals surface area contributed by atoms with Crippen LogP contribution >= 0.6 is 22.9 Å². The summed E-state index contributed by atoms with van der Waals surface area (Å²) >= 11 is 7.04. The molecular formula is C12H12ClN3O2S. The second kappa shape index (κ2) is 4.61. The van der Waals surface area contributed by atoms with Crippen molar-refractivity contribution in [2.45, 2.75) is 26.2 Å². The highest BCUT2D eigenvalue weighted by molar-refractivity contribution is 7.18. The second-order valence-electron chi connectivity index (χ2n) is 4.51. The molecule has 100 valence electrons. The van der Waals surface area contributed by atoms with E-state index in [1.807, 2.05) is 0 Å². The van der Waals surface area contributed by atoms with Crippen LogP contribution in [0.4, 0.5) is 0 Å². The van der Waals surface area contributed by atoms with Crippen LogP contribution in [0.15, 0.2) is 4.79 Å². The lowest BCUT2D eigenvalue weighted by Crippen LogP contribution is -2.36. The number of thiophene rings is 1. The normalized spacial score (nSPS) is 13.8. The first-order valence-corrected chi connectivity index (χ1v) is 7.36. The molecule has 0 fully saturated rings. The van der Waals surface area contributed by atoms with Crippen LogP contribution in [0.1, 0.15) is 22.7 Å². The van der Waals surface area contributed by atoms with Crippen LogP contribution in [0.3, 0.4) is 0 Å². The molecule has 0 aliphatic heterocycles. The van der Waals surface area contributed by atoms with E-state index >= 15 is 0 Å². The number of carbonyl (C=O) groups excluding carboxylic acids is 1. The Morgan fingerprint density at radius 3 is 3.05 bits per heavy atom. The highest BCUT2D eigenvalue weighted by Crippen LogP contribution is 2.34. The van der Waals surface area contributed by atoms with Gasteiger partial charge in [0.25, 0.3) is 11.5 Å². The fraction of sp³-hybridized carbons (Fsp3) is 0.417. The summed E-state index contributed by atoms with van der Waals surface area (Å²) in [5.41, 5.74) is 3.37. The first-order chi connectivity index (χ1) is 9.11. The van der Waals surface area contributed by atoms with Crippen LogP contribution in [0.5, 0.6) is 0 Å². The third-order valence-corrected chi connectivity index (χ3v) is 4.69. The summed E-state index contributed by atoms with van der Waals surface area (Å²) in [4.78, 5) is 30.3. The van der Waals surface area contributed by atoms with Gasteiger partial charge in [0.05, 0.1) is 5.39 Å². The van der Waals surface area contributed by atoms with Crippen molar-refractivity contribution in [3.05, 3.63) is 26.6 Å². The van der Waals surface area contributed by atoms with E-state index in [9.17, 15) is 9.59 Å². The van der Waals surface area contributed by atoms with Crippen LogP contribution in [0.2, 0.25) is 0 Å². The summed E-state index contributed by atoms with van der Waals surface area (Å²) in [5, 5.41) is 0.651. The van der Waals surface area contributed by atoms with Gasteiger partial charge in [0.1, 0.15) is 16.5 Å². The molecule has 19 heavy (non-hydrogen) atoms. The van der Waals surface area contributed by atoms with Gasteiger partial charge in [-0.3, -0.25) is 15.0 Å². The molecule has 0 saturated heterocycles. The van der Waals surface area contributed by atoms with E-state index in [0.717, 1.165) is 29.7 Å². The summed E-state index contributed by atoms with van der Waals surface area (Å²) < 4.78 is 1.19. The van der Waals surface area contributed by atoms with Gasteiger partial charge in [-0.25, -0.2) is 9.66 Å². The molecule has 0 radical (unpaired) electrons. The topological polar surface area (TPSA) is 64.0 Å². The molecule has 0 saturated carbocycles. The fourth-order valence-electron chi connectivity index (χ4n) is 2.43. The third-order valence-electron chi connectivity index (χ3n) is 3.26. The highest BCUT2D eigenvalue weighted by atomic mass is 35.5. The Hall–Kier alpha value is -1.40. The zero-order chi connectivity index (χ0) is 13.6. The summed E-state index contributed by atoms with van der Waals surface area (Å²) in [7, 11) is 0. The molecule has 0 aromatic carbocycles. The molecule has 1 aliphatic carbocycles. The van der Waals surface area contributed by atoms with E-state index < -0.39 is 5.91 Å². The third kappa shape index (κ3) is 1.95. The SMILES string of the molecule is Cc1nc2sc3c(c2c(=O)n1NC(=O)CCl)CCC3. The first kappa shape index (κ1) is 12.6. The highest BCUT2D eigenvalue weighted by Gasteiger charge is 2.22. The molecule has 0 atom stereocenters. The standard InChI is InChI=1S/C12H12ClN3O2S/c1-6-14-11-10(7-3-2-4-8(7)19-11)12(18)16(6)15-9(17)5-13/h2-5H2,1H3,(H,15,17). The van der Waals surface area contributed by atoms with E-state index in [2.05, 4.69) is 10.4 Å². The van der Waals surface area contributed by atoms with Crippen molar-refractivity contribution < 1.29 is 4.79 Å². The Morgan fingerprint density at radius 2 is 2.32 bits per heavy atom.